The molecule has 5 nitrogen and oxygen atoms in total. The number of nitro groups is 1. The van der Waals surface area contributed by atoms with Crippen molar-refractivity contribution in [2.45, 2.75) is 6.10 Å². The van der Waals surface area contributed by atoms with Crippen LogP contribution < -0.4 is 0 Å². The first-order valence-electron chi connectivity index (χ1n) is 3.03. The van der Waals surface area contributed by atoms with Gasteiger partial charge in [0.2, 0.25) is 6.54 Å². The monoisotopic (exact) mass is 157 g/mol. The van der Waals surface area contributed by atoms with Gasteiger partial charge in [0.1, 0.15) is 5.76 Å². The zero-order valence-electron chi connectivity index (χ0n) is 5.64. The average Bonchev–Trinajstić information content (AvgIpc) is 2.35. The molecule has 0 bridgehead atoms. The molecule has 0 saturated heterocycles. The van der Waals surface area contributed by atoms with Crippen LogP contribution in [0.5, 0.6) is 0 Å². The first-order chi connectivity index (χ1) is 5.20. The molecule has 0 aliphatic carbocycles. The lowest BCUT2D eigenvalue weighted by molar-refractivity contribution is -0.492. The quantitative estimate of drug-likeness (QED) is 0.514. The van der Waals surface area contributed by atoms with E-state index in [1.54, 1.807) is 6.07 Å². The van der Waals surface area contributed by atoms with E-state index in [4.69, 9.17) is 9.52 Å². The maximum Gasteiger partial charge on any atom is 0.236 e. The summed E-state index contributed by atoms with van der Waals surface area (Å²) in [6, 6.07) is 3.06. The molecule has 1 N–H and O–H groups in total. The number of aliphatic hydroxyl groups excluding tert-OH is 1. The maximum absolute atomic E-state index is 9.91. The van der Waals surface area contributed by atoms with E-state index >= 15 is 0 Å². The molecule has 11 heavy (non-hydrogen) atoms. The van der Waals surface area contributed by atoms with Gasteiger partial charge in [0.15, 0.2) is 6.10 Å². The van der Waals surface area contributed by atoms with Gasteiger partial charge in [0, 0.05) is 4.92 Å². The zero-order valence-corrected chi connectivity index (χ0v) is 5.64. The first-order valence-corrected chi connectivity index (χ1v) is 3.03. The maximum atomic E-state index is 9.91. The number of rotatable bonds is 3. The average molecular weight is 157 g/mol. The van der Waals surface area contributed by atoms with Crippen LogP contribution in [0.3, 0.4) is 0 Å². The summed E-state index contributed by atoms with van der Waals surface area (Å²) in [6.45, 7) is -0.520. The van der Waals surface area contributed by atoms with Gasteiger partial charge in [-0.25, -0.2) is 0 Å². The van der Waals surface area contributed by atoms with Crippen molar-refractivity contribution in [1.29, 1.82) is 0 Å². The largest absolute Gasteiger partial charge is 0.466 e. The molecule has 1 atom stereocenters. The SMILES string of the molecule is O=[N+]([O-])CC(O)c1ccco1. The molecule has 0 spiro atoms. The summed E-state index contributed by atoms with van der Waals surface area (Å²) in [5, 5.41) is 19.0. The van der Waals surface area contributed by atoms with Crippen molar-refractivity contribution in [3.8, 4) is 0 Å². The fraction of sp³-hybridized carbons (Fsp3) is 0.333. The molecular weight excluding hydrogens is 150 g/mol. The summed E-state index contributed by atoms with van der Waals surface area (Å²) < 4.78 is 4.74. The van der Waals surface area contributed by atoms with Gasteiger partial charge in [-0.3, -0.25) is 10.1 Å². The van der Waals surface area contributed by atoms with E-state index in [-0.39, 0.29) is 5.76 Å². The van der Waals surface area contributed by atoms with E-state index in [9.17, 15) is 10.1 Å². The number of aliphatic hydroxyl groups is 1. The Labute approximate surface area is 62.4 Å². The second-order valence-corrected chi connectivity index (χ2v) is 2.05. The summed E-state index contributed by atoms with van der Waals surface area (Å²) in [7, 11) is 0. The first kappa shape index (κ1) is 7.74. The number of hydrogen-bond acceptors (Lipinski definition) is 4. The predicted molar refractivity (Wildman–Crippen MR) is 35.5 cm³/mol. The lowest BCUT2D eigenvalue weighted by Gasteiger charge is -1.99. The molecule has 0 radical (unpaired) electrons. The molecule has 1 aromatic heterocycles. The third-order valence-corrected chi connectivity index (χ3v) is 1.19. The summed E-state index contributed by atoms with van der Waals surface area (Å²) in [4.78, 5) is 9.32. The van der Waals surface area contributed by atoms with Gasteiger partial charge < -0.3 is 9.52 Å². The third kappa shape index (κ3) is 2.05. The highest BCUT2D eigenvalue weighted by Gasteiger charge is 2.15. The summed E-state index contributed by atoms with van der Waals surface area (Å²) in [5.74, 6) is 0.224. The Kier molecular flexibility index (Phi) is 2.22. The Morgan fingerprint density at radius 2 is 2.55 bits per heavy atom. The van der Waals surface area contributed by atoms with Gasteiger partial charge in [-0.1, -0.05) is 0 Å². The van der Waals surface area contributed by atoms with Crippen LogP contribution in [-0.4, -0.2) is 16.6 Å². The highest BCUT2D eigenvalue weighted by molar-refractivity contribution is 5.01. The van der Waals surface area contributed by atoms with Gasteiger partial charge in [0.25, 0.3) is 0 Å². The molecule has 0 aliphatic heterocycles. The molecule has 1 heterocycles. The van der Waals surface area contributed by atoms with E-state index in [0.29, 0.717) is 0 Å². The topological polar surface area (TPSA) is 76.5 Å². The molecule has 5 heteroatoms. The van der Waals surface area contributed by atoms with Gasteiger partial charge in [-0.2, -0.15) is 0 Å². The highest BCUT2D eigenvalue weighted by Crippen LogP contribution is 2.12. The van der Waals surface area contributed by atoms with Crippen molar-refractivity contribution in [3.05, 3.63) is 34.3 Å². The molecule has 1 unspecified atom stereocenters. The minimum absolute atomic E-state index is 0.224. The van der Waals surface area contributed by atoms with Crippen molar-refractivity contribution >= 4 is 0 Å². The van der Waals surface area contributed by atoms with E-state index < -0.39 is 17.6 Å². The van der Waals surface area contributed by atoms with Gasteiger partial charge in [-0.05, 0) is 12.1 Å². The van der Waals surface area contributed by atoms with Crippen molar-refractivity contribution in [2.75, 3.05) is 6.54 Å². The Hall–Kier alpha value is -1.36. The second-order valence-electron chi connectivity index (χ2n) is 2.05. The summed E-state index contributed by atoms with van der Waals surface area (Å²) >= 11 is 0. The fourth-order valence-electron chi connectivity index (χ4n) is 0.712. The van der Waals surface area contributed by atoms with Crippen LogP contribution in [0.2, 0.25) is 0 Å². The highest BCUT2D eigenvalue weighted by atomic mass is 16.6. The standard InChI is InChI=1S/C6H7NO4/c8-5(4-7(9)10)6-2-1-3-11-6/h1-3,5,8H,4H2. The molecule has 0 fully saturated rings. The minimum Gasteiger partial charge on any atom is -0.466 e. The van der Waals surface area contributed by atoms with E-state index in [1.807, 2.05) is 0 Å². The van der Waals surface area contributed by atoms with Gasteiger partial charge in [-0.15, -0.1) is 0 Å². The Morgan fingerprint density at radius 1 is 1.82 bits per heavy atom. The van der Waals surface area contributed by atoms with Crippen LogP contribution in [0.15, 0.2) is 22.8 Å². The van der Waals surface area contributed by atoms with Crippen molar-refractivity contribution in [2.24, 2.45) is 0 Å². The lowest BCUT2D eigenvalue weighted by atomic mass is 10.3. The molecule has 1 rings (SSSR count). The third-order valence-electron chi connectivity index (χ3n) is 1.19. The van der Waals surface area contributed by atoms with Crippen LogP contribution in [0, 0.1) is 10.1 Å². The van der Waals surface area contributed by atoms with Crippen LogP contribution >= 0.6 is 0 Å². The Morgan fingerprint density at radius 3 is 3.00 bits per heavy atom. The van der Waals surface area contributed by atoms with Crippen molar-refractivity contribution in [1.82, 2.24) is 0 Å². The molecule has 0 saturated carbocycles. The zero-order chi connectivity index (χ0) is 8.27. The Balaban J connectivity index is 2.56. The van der Waals surface area contributed by atoms with E-state index in [0.717, 1.165) is 0 Å². The Bertz CT molecular complexity index is 231. The van der Waals surface area contributed by atoms with E-state index in [1.165, 1.54) is 12.3 Å². The molecule has 1 aromatic rings. The fourth-order valence-corrected chi connectivity index (χ4v) is 0.712. The smallest absolute Gasteiger partial charge is 0.236 e. The van der Waals surface area contributed by atoms with Crippen molar-refractivity contribution < 1.29 is 14.4 Å². The summed E-state index contributed by atoms with van der Waals surface area (Å²) in [6.07, 6.45) is 0.221. The number of nitrogens with zero attached hydrogens (tertiary/aromatic N) is 1. The van der Waals surface area contributed by atoms with Crippen molar-refractivity contribution in [3.63, 3.8) is 0 Å². The number of hydrogen-bond donors (Lipinski definition) is 1. The van der Waals surface area contributed by atoms with Crippen LogP contribution in [0.4, 0.5) is 0 Å². The molecule has 0 aliphatic rings. The van der Waals surface area contributed by atoms with Crippen LogP contribution in [-0.2, 0) is 0 Å². The van der Waals surface area contributed by atoms with Gasteiger partial charge >= 0.3 is 0 Å². The minimum atomic E-state index is -1.14. The molecular formula is C6H7NO4. The normalized spacial score (nSPS) is 12.8. The summed E-state index contributed by atoms with van der Waals surface area (Å²) in [5.41, 5.74) is 0. The second kappa shape index (κ2) is 3.16. The van der Waals surface area contributed by atoms with Gasteiger partial charge in [0.05, 0.1) is 6.26 Å². The lowest BCUT2D eigenvalue weighted by Crippen LogP contribution is -2.10. The number of furan rings is 1. The van der Waals surface area contributed by atoms with Crippen LogP contribution in [0.1, 0.15) is 11.9 Å². The van der Waals surface area contributed by atoms with Crippen LogP contribution in [0.25, 0.3) is 0 Å². The predicted octanol–water partition coefficient (Wildman–Crippen LogP) is 0.590. The molecule has 60 valence electrons. The molecule has 0 aromatic carbocycles. The molecule has 0 amide bonds. The van der Waals surface area contributed by atoms with E-state index in [2.05, 4.69) is 0 Å².